The third kappa shape index (κ3) is 4.20. The number of pyridine rings is 1. The van der Waals surface area contributed by atoms with Crippen LogP contribution in [-0.2, 0) is 0 Å². The molecule has 1 aromatic rings. The van der Waals surface area contributed by atoms with Gasteiger partial charge < -0.3 is 15.2 Å². The van der Waals surface area contributed by atoms with Gasteiger partial charge in [-0.2, -0.15) is 0 Å². The number of aliphatic hydroxyl groups excluding tert-OH is 1. The van der Waals surface area contributed by atoms with Gasteiger partial charge in [0.2, 0.25) is 5.88 Å². The van der Waals surface area contributed by atoms with Gasteiger partial charge in [0.25, 0.3) is 5.91 Å². The number of carbonyl (C=O) groups is 1. The van der Waals surface area contributed by atoms with E-state index in [0.717, 1.165) is 25.7 Å². The number of amides is 1. The first-order valence-electron chi connectivity index (χ1n) is 7.17. The fraction of sp³-hybridized carbons (Fsp3) is 0.600. The Morgan fingerprint density at radius 1 is 1.35 bits per heavy atom. The van der Waals surface area contributed by atoms with Crippen LogP contribution in [0.15, 0.2) is 18.2 Å². The smallest absolute Gasteiger partial charge is 0.270 e. The number of ether oxygens (including phenoxy) is 1. The molecule has 5 nitrogen and oxygen atoms in total. The number of aliphatic hydroxyl groups is 1. The highest BCUT2D eigenvalue weighted by Crippen LogP contribution is 2.19. The zero-order valence-corrected chi connectivity index (χ0v) is 12.0. The minimum absolute atomic E-state index is 0.0284. The van der Waals surface area contributed by atoms with E-state index in [1.807, 2.05) is 13.8 Å². The van der Waals surface area contributed by atoms with E-state index in [1.54, 1.807) is 18.2 Å². The van der Waals surface area contributed by atoms with Crippen LogP contribution in [0.3, 0.4) is 0 Å². The maximum absolute atomic E-state index is 12.1. The highest BCUT2D eigenvalue weighted by Gasteiger charge is 2.21. The Labute approximate surface area is 119 Å². The average Bonchev–Trinajstić information content (AvgIpc) is 2.41. The zero-order chi connectivity index (χ0) is 14.5. The molecule has 2 N–H and O–H groups in total. The third-order valence-electron chi connectivity index (χ3n) is 3.34. The van der Waals surface area contributed by atoms with Crippen molar-refractivity contribution in [3.63, 3.8) is 0 Å². The summed E-state index contributed by atoms with van der Waals surface area (Å²) in [5, 5.41) is 12.4. The van der Waals surface area contributed by atoms with Gasteiger partial charge in [-0.05, 0) is 45.6 Å². The van der Waals surface area contributed by atoms with E-state index in [2.05, 4.69) is 10.3 Å². The Morgan fingerprint density at radius 3 is 2.70 bits per heavy atom. The van der Waals surface area contributed by atoms with Crippen LogP contribution in [0.4, 0.5) is 0 Å². The molecule has 0 unspecified atom stereocenters. The van der Waals surface area contributed by atoms with Gasteiger partial charge in [0.15, 0.2) is 0 Å². The summed E-state index contributed by atoms with van der Waals surface area (Å²) in [5.74, 6) is 0.285. The predicted octanol–water partition coefficient (Wildman–Crippen LogP) is 1.90. The van der Waals surface area contributed by atoms with Crippen LogP contribution in [-0.4, -0.2) is 34.2 Å². The molecule has 0 spiro atoms. The molecule has 1 aliphatic rings. The van der Waals surface area contributed by atoms with Crippen molar-refractivity contribution in [1.82, 2.24) is 10.3 Å². The van der Waals surface area contributed by atoms with Gasteiger partial charge in [0, 0.05) is 12.1 Å². The van der Waals surface area contributed by atoms with Crippen LogP contribution in [0.1, 0.15) is 50.0 Å². The van der Waals surface area contributed by atoms with E-state index >= 15 is 0 Å². The zero-order valence-electron chi connectivity index (χ0n) is 12.0. The first-order chi connectivity index (χ1) is 9.54. The monoisotopic (exact) mass is 278 g/mol. The van der Waals surface area contributed by atoms with Gasteiger partial charge in [0.1, 0.15) is 5.69 Å². The molecule has 0 atom stereocenters. The number of carbonyl (C=O) groups excluding carboxylic acids is 1. The molecular formula is C15H22N2O3. The molecular weight excluding hydrogens is 256 g/mol. The van der Waals surface area contributed by atoms with Crippen molar-refractivity contribution in [2.75, 3.05) is 0 Å². The topological polar surface area (TPSA) is 71.5 Å². The Morgan fingerprint density at radius 2 is 2.05 bits per heavy atom. The van der Waals surface area contributed by atoms with Crippen molar-refractivity contribution in [1.29, 1.82) is 0 Å². The van der Waals surface area contributed by atoms with E-state index in [4.69, 9.17) is 4.74 Å². The van der Waals surface area contributed by atoms with Gasteiger partial charge >= 0.3 is 0 Å². The Balaban J connectivity index is 1.95. The quantitative estimate of drug-likeness (QED) is 0.882. The van der Waals surface area contributed by atoms with E-state index in [9.17, 15) is 9.90 Å². The molecule has 0 bridgehead atoms. The second-order valence-corrected chi connectivity index (χ2v) is 5.51. The molecule has 1 fully saturated rings. The third-order valence-corrected chi connectivity index (χ3v) is 3.34. The molecule has 1 saturated carbocycles. The van der Waals surface area contributed by atoms with Gasteiger partial charge in [0.05, 0.1) is 12.2 Å². The molecule has 2 rings (SSSR count). The van der Waals surface area contributed by atoms with Gasteiger partial charge in [-0.1, -0.05) is 6.07 Å². The molecule has 1 aliphatic carbocycles. The number of nitrogens with one attached hydrogen (secondary N) is 1. The molecule has 0 aromatic carbocycles. The first kappa shape index (κ1) is 14.8. The Bertz CT molecular complexity index is 454. The molecule has 5 heteroatoms. The highest BCUT2D eigenvalue weighted by molar-refractivity contribution is 5.92. The summed E-state index contributed by atoms with van der Waals surface area (Å²) in [6, 6.07) is 5.32. The van der Waals surface area contributed by atoms with Crippen molar-refractivity contribution in [3.8, 4) is 5.88 Å². The lowest BCUT2D eigenvalue weighted by Crippen LogP contribution is -2.38. The standard InChI is InChI=1S/C15H22N2O3/c1-10(2)20-14-5-3-4-13(17-14)15(19)16-11-6-8-12(18)9-7-11/h3-5,10-12,18H,6-9H2,1-2H3,(H,16,19). The fourth-order valence-corrected chi connectivity index (χ4v) is 2.33. The highest BCUT2D eigenvalue weighted by atomic mass is 16.5. The maximum Gasteiger partial charge on any atom is 0.270 e. The first-order valence-corrected chi connectivity index (χ1v) is 7.17. The Kier molecular flexibility index (Phi) is 4.95. The van der Waals surface area contributed by atoms with E-state index in [-0.39, 0.29) is 24.2 Å². The average molecular weight is 278 g/mol. The van der Waals surface area contributed by atoms with Crippen LogP contribution in [0.5, 0.6) is 5.88 Å². The molecule has 110 valence electrons. The van der Waals surface area contributed by atoms with Crippen LogP contribution in [0.25, 0.3) is 0 Å². The predicted molar refractivity (Wildman–Crippen MR) is 75.7 cm³/mol. The largest absolute Gasteiger partial charge is 0.475 e. The van der Waals surface area contributed by atoms with E-state index in [0.29, 0.717) is 11.6 Å². The SMILES string of the molecule is CC(C)Oc1cccc(C(=O)NC2CCC(O)CC2)n1. The van der Waals surface area contributed by atoms with Crippen LogP contribution >= 0.6 is 0 Å². The summed E-state index contributed by atoms with van der Waals surface area (Å²) in [7, 11) is 0. The molecule has 1 amide bonds. The van der Waals surface area contributed by atoms with Crippen LogP contribution in [0, 0.1) is 0 Å². The number of hydrogen-bond donors (Lipinski definition) is 2. The molecule has 1 heterocycles. The van der Waals surface area contributed by atoms with Gasteiger partial charge in [-0.25, -0.2) is 4.98 Å². The summed E-state index contributed by atoms with van der Waals surface area (Å²) in [5.41, 5.74) is 0.370. The maximum atomic E-state index is 12.1. The fourth-order valence-electron chi connectivity index (χ4n) is 2.33. The van der Waals surface area contributed by atoms with E-state index in [1.165, 1.54) is 0 Å². The van der Waals surface area contributed by atoms with Gasteiger partial charge in [-0.15, -0.1) is 0 Å². The summed E-state index contributed by atoms with van der Waals surface area (Å²) in [6.45, 7) is 3.84. The number of hydrogen-bond acceptors (Lipinski definition) is 4. The van der Waals surface area contributed by atoms with Crippen LogP contribution < -0.4 is 10.1 Å². The second kappa shape index (κ2) is 6.70. The minimum atomic E-state index is -0.218. The molecule has 1 aromatic heterocycles. The van der Waals surface area contributed by atoms with Crippen molar-refractivity contribution >= 4 is 5.91 Å². The van der Waals surface area contributed by atoms with Crippen molar-refractivity contribution in [3.05, 3.63) is 23.9 Å². The summed E-state index contributed by atoms with van der Waals surface area (Å²) in [6.07, 6.45) is 2.93. The molecule has 0 radical (unpaired) electrons. The lowest BCUT2D eigenvalue weighted by molar-refractivity contribution is 0.0861. The van der Waals surface area contributed by atoms with E-state index < -0.39 is 0 Å². The molecule has 0 aliphatic heterocycles. The normalized spacial score (nSPS) is 22.6. The minimum Gasteiger partial charge on any atom is -0.475 e. The lowest BCUT2D eigenvalue weighted by atomic mass is 9.93. The second-order valence-electron chi connectivity index (χ2n) is 5.51. The number of rotatable bonds is 4. The van der Waals surface area contributed by atoms with Crippen LogP contribution in [0.2, 0.25) is 0 Å². The number of aromatic nitrogens is 1. The molecule has 20 heavy (non-hydrogen) atoms. The lowest BCUT2D eigenvalue weighted by Gasteiger charge is -2.26. The Hall–Kier alpha value is -1.62. The van der Waals surface area contributed by atoms with Gasteiger partial charge in [-0.3, -0.25) is 4.79 Å². The molecule has 0 saturated heterocycles. The van der Waals surface area contributed by atoms with Crippen molar-refractivity contribution in [2.45, 2.75) is 57.8 Å². The van der Waals surface area contributed by atoms with Crippen molar-refractivity contribution < 1.29 is 14.6 Å². The summed E-state index contributed by atoms with van der Waals surface area (Å²) < 4.78 is 5.48. The summed E-state index contributed by atoms with van der Waals surface area (Å²) in [4.78, 5) is 16.4. The van der Waals surface area contributed by atoms with Crippen molar-refractivity contribution in [2.24, 2.45) is 0 Å². The number of nitrogens with zero attached hydrogens (tertiary/aromatic N) is 1. The summed E-state index contributed by atoms with van der Waals surface area (Å²) >= 11 is 0.